The van der Waals surface area contributed by atoms with Crippen LogP contribution in [0.15, 0.2) is 52.4 Å². The minimum atomic E-state index is -3.64. The quantitative estimate of drug-likeness (QED) is 0.643. The van der Waals surface area contributed by atoms with Crippen LogP contribution in [0.3, 0.4) is 0 Å². The minimum Gasteiger partial charge on any atom is -0.319 e. The number of halogens is 1. The number of hydrogen-bond acceptors (Lipinski definition) is 5. The van der Waals surface area contributed by atoms with Gasteiger partial charge in [-0.25, -0.2) is 17.8 Å². The molecule has 1 atom stereocenters. The van der Waals surface area contributed by atoms with E-state index in [1.54, 1.807) is 0 Å². The second-order valence-corrected chi connectivity index (χ2v) is 9.61. The van der Waals surface area contributed by atoms with Gasteiger partial charge in [-0.2, -0.15) is 4.31 Å². The fourth-order valence-electron chi connectivity index (χ4n) is 3.67. The van der Waals surface area contributed by atoms with Gasteiger partial charge in [0.1, 0.15) is 5.82 Å². The predicted molar refractivity (Wildman–Crippen MR) is 114 cm³/mol. The van der Waals surface area contributed by atoms with Crippen LogP contribution in [0, 0.1) is 11.7 Å². The number of H-pyrrole nitrogens is 1. The Morgan fingerprint density at radius 3 is 2.71 bits per heavy atom. The number of nitrogens with zero attached hydrogens (tertiary/aromatic N) is 2. The molecule has 0 spiro atoms. The molecule has 1 aromatic heterocycles. The number of fused-ring (bicyclic) bond motifs is 1. The Morgan fingerprint density at radius 2 is 2.00 bits per heavy atom. The van der Waals surface area contributed by atoms with Crippen molar-refractivity contribution in [1.82, 2.24) is 14.3 Å². The molecule has 2 aromatic carbocycles. The summed E-state index contributed by atoms with van der Waals surface area (Å²) >= 11 is 0. The number of hydrogen-bond donors (Lipinski definition) is 2. The molecule has 1 saturated heterocycles. The minimum absolute atomic E-state index is 0.104. The fourth-order valence-corrected chi connectivity index (χ4v) is 5.27. The number of benzene rings is 2. The fraction of sp³-hybridized carbons (Fsp3) is 0.286. The number of carbonyl (C=O) groups is 1. The number of amides is 1. The van der Waals surface area contributed by atoms with Crippen LogP contribution in [0.2, 0.25) is 0 Å². The van der Waals surface area contributed by atoms with Gasteiger partial charge in [-0.15, -0.1) is 0 Å². The molecule has 1 unspecified atom stereocenters. The SMILES string of the molecule is CC1CCCN(S(=O)(=O)c2ccc(C(=O)Nc3cc4c(=O)[nH]cnc4cc3F)cc2)C1. The van der Waals surface area contributed by atoms with Gasteiger partial charge in [0.15, 0.2) is 0 Å². The number of anilines is 1. The Kier molecular flexibility index (Phi) is 5.59. The first kappa shape index (κ1) is 21.1. The molecule has 31 heavy (non-hydrogen) atoms. The van der Waals surface area contributed by atoms with Crippen LogP contribution in [-0.2, 0) is 10.0 Å². The summed E-state index contributed by atoms with van der Waals surface area (Å²) in [6.45, 7) is 2.97. The third-order valence-electron chi connectivity index (χ3n) is 5.35. The second-order valence-electron chi connectivity index (χ2n) is 7.67. The summed E-state index contributed by atoms with van der Waals surface area (Å²) in [6.07, 6.45) is 2.98. The van der Waals surface area contributed by atoms with Crippen LogP contribution >= 0.6 is 0 Å². The summed E-state index contributed by atoms with van der Waals surface area (Å²) in [7, 11) is -3.64. The normalized spacial score (nSPS) is 17.5. The van der Waals surface area contributed by atoms with Crippen molar-refractivity contribution in [3.05, 3.63) is 64.5 Å². The van der Waals surface area contributed by atoms with E-state index in [-0.39, 0.29) is 27.0 Å². The maximum atomic E-state index is 14.3. The summed E-state index contributed by atoms with van der Waals surface area (Å²) in [4.78, 5) is 30.8. The highest BCUT2D eigenvalue weighted by atomic mass is 32.2. The van der Waals surface area contributed by atoms with Gasteiger partial charge < -0.3 is 10.3 Å². The summed E-state index contributed by atoms with van der Waals surface area (Å²) in [5, 5.41) is 2.55. The number of carbonyl (C=O) groups excluding carboxylic acids is 1. The molecular weight excluding hydrogens is 423 g/mol. The Balaban J connectivity index is 1.55. The molecule has 0 radical (unpaired) electrons. The lowest BCUT2D eigenvalue weighted by atomic mass is 10.0. The molecular formula is C21H21FN4O4S. The number of nitrogens with one attached hydrogen (secondary N) is 2. The Labute approximate surface area is 178 Å². The van der Waals surface area contributed by atoms with Gasteiger partial charge in [0, 0.05) is 24.7 Å². The third kappa shape index (κ3) is 4.21. The van der Waals surface area contributed by atoms with Crippen molar-refractivity contribution < 1.29 is 17.6 Å². The van der Waals surface area contributed by atoms with Crippen LogP contribution in [-0.4, -0.2) is 41.7 Å². The summed E-state index contributed by atoms with van der Waals surface area (Å²) in [5.74, 6) is -1.07. The van der Waals surface area contributed by atoms with Crippen molar-refractivity contribution in [2.24, 2.45) is 5.92 Å². The van der Waals surface area contributed by atoms with Crippen LogP contribution in [0.4, 0.5) is 10.1 Å². The largest absolute Gasteiger partial charge is 0.319 e. The Morgan fingerprint density at radius 1 is 1.26 bits per heavy atom. The maximum Gasteiger partial charge on any atom is 0.258 e. The van der Waals surface area contributed by atoms with Gasteiger partial charge in [-0.3, -0.25) is 9.59 Å². The lowest BCUT2D eigenvalue weighted by Crippen LogP contribution is -2.39. The van der Waals surface area contributed by atoms with E-state index in [2.05, 4.69) is 15.3 Å². The Hall–Kier alpha value is -3.11. The summed E-state index contributed by atoms with van der Waals surface area (Å²) < 4.78 is 41.5. The predicted octanol–water partition coefficient (Wildman–Crippen LogP) is 2.74. The van der Waals surface area contributed by atoms with E-state index in [0.29, 0.717) is 19.0 Å². The van der Waals surface area contributed by atoms with Crippen LogP contribution < -0.4 is 10.9 Å². The molecule has 0 aliphatic carbocycles. The van der Waals surface area contributed by atoms with Gasteiger partial charge in [0.05, 0.1) is 27.8 Å². The molecule has 2 heterocycles. The monoisotopic (exact) mass is 444 g/mol. The molecule has 162 valence electrons. The molecule has 1 amide bonds. The topological polar surface area (TPSA) is 112 Å². The summed E-state index contributed by atoms with van der Waals surface area (Å²) in [5.41, 5.74) is -0.302. The van der Waals surface area contributed by atoms with E-state index >= 15 is 0 Å². The van der Waals surface area contributed by atoms with E-state index in [1.807, 2.05) is 6.92 Å². The van der Waals surface area contributed by atoms with Crippen molar-refractivity contribution in [3.63, 3.8) is 0 Å². The zero-order valence-electron chi connectivity index (χ0n) is 16.8. The number of sulfonamides is 1. The van der Waals surface area contributed by atoms with E-state index in [0.717, 1.165) is 18.9 Å². The van der Waals surface area contributed by atoms with Gasteiger partial charge in [0.2, 0.25) is 10.0 Å². The van der Waals surface area contributed by atoms with Gasteiger partial charge >= 0.3 is 0 Å². The van der Waals surface area contributed by atoms with E-state index in [4.69, 9.17) is 0 Å². The Bertz CT molecular complexity index is 1310. The van der Waals surface area contributed by atoms with Crippen LogP contribution in [0.5, 0.6) is 0 Å². The molecule has 1 aliphatic rings. The number of rotatable bonds is 4. The first-order valence-electron chi connectivity index (χ1n) is 9.84. The van der Waals surface area contributed by atoms with E-state index in [9.17, 15) is 22.4 Å². The molecule has 0 bridgehead atoms. The van der Waals surface area contributed by atoms with Crippen LogP contribution in [0.1, 0.15) is 30.1 Å². The van der Waals surface area contributed by atoms with Gasteiger partial charge in [0.25, 0.3) is 11.5 Å². The van der Waals surface area contributed by atoms with Gasteiger partial charge in [-0.05, 0) is 49.1 Å². The highest BCUT2D eigenvalue weighted by molar-refractivity contribution is 7.89. The van der Waals surface area contributed by atoms with Crippen molar-refractivity contribution in [1.29, 1.82) is 0 Å². The highest BCUT2D eigenvalue weighted by Crippen LogP contribution is 2.24. The van der Waals surface area contributed by atoms with Crippen molar-refractivity contribution >= 4 is 32.5 Å². The molecule has 2 N–H and O–H groups in total. The maximum absolute atomic E-state index is 14.3. The number of aromatic amines is 1. The smallest absolute Gasteiger partial charge is 0.258 e. The molecule has 0 saturated carbocycles. The van der Waals surface area contributed by atoms with E-state index in [1.165, 1.54) is 41.0 Å². The molecule has 1 fully saturated rings. The average molecular weight is 444 g/mol. The third-order valence-corrected chi connectivity index (χ3v) is 7.23. The first-order chi connectivity index (χ1) is 14.8. The summed E-state index contributed by atoms with van der Waals surface area (Å²) in [6, 6.07) is 7.77. The zero-order valence-corrected chi connectivity index (χ0v) is 17.6. The second kappa shape index (κ2) is 8.20. The molecule has 8 nitrogen and oxygen atoms in total. The molecule has 3 aromatic rings. The molecule has 1 aliphatic heterocycles. The lowest BCUT2D eigenvalue weighted by molar-refractivity contribution is 0.102. The van der Waals surface area contributed by atoms with Crippen molar-refractivity contribution in [2.75, 3.05) is 18.4 Å². The first-order valence-corrected chi connectivity index (χ1v) is 11.3. The van der Waals surface area contributed by atoms with Gasteiger partial charge in [-0.1, -0.05) is 6.92 Å². The number of piperidine rings is 1. The van der Waals surface area contributed by atoms with Crippen LogP contribution in [0.25, 0.3) is 10.9 Å². The standard InChI is InChI=1S/C21H21FN4O4S/c1-13-3-2-8-26(11-13)31(29,30)15-6-4-14(5-7-15)20(27)25-19-9-16-18(10-17(19)22)23-12-24-21(16)28/h4-7,9-10,12-13H,2-3,8,11H2,1H3,(H,25,27)(H,23,24,28). The highest BCUT2D eigenvalue weighted by Gasteiger charge is 2.28. The lowest BCUT2D eigenvalue weighted by Gasteiger charge is -2.30. The molecule has 4 rings (SSSR count). The number of aromatic nitrogens is 2. The van der Waals surface area contributed by atoms with Crippen molar-refractivity contribution in [3.8, 4) is 0 Å². The van der Waals surface area contributed by atoms with Crippen molar-refractivity contribution in [2.45, 2.75) is 24.7 Å². The zero-order chi connectivity index (χ0) is 22.2. The molecule has 10 heteroatoms. The van der Waals surface area contributed by atoms with E-state index < -0.39 is 27.3 Å². The average Bonchev–Trinajstić information content (AvgIpc) is 2.75.